The largest absolute Gasteiger partial charge is 0.447 e. The molecule has 0 aliphatic carbocycles. The first-order valence-electron chi connectivity index (χ1n) is 5.16. The zero-order valence-corrected chi connectivity index (χ0v) is 8.85. The van der Waals surface area contributed by atoms with Crippen LogP contribution in [0.15, 0.2) is 0 Å². The van der Waals surface area contributed by atoms with Crippen LogP contribution in [-0.2, 0) is 9.47 Å². The molecule has 1 amide bonds. The van der Waals surface area contributed by atoms with Gasteiger partial charge in [0.05, 0.1) is 13.2 Å². The maximum absolute atomic E-state index is 10.2. The lowest BCUT2D eigenvalue weighted by Gasteiger charge is -2.14. The fraction of sp³-hybridized carbons (Fsp3) is 0.889. The summed E-state index contributed by atoms with van der Waals surface area (Å²) >= 11 is 0. The van der Waals surface area contributed by atoms with E-state index in [0.717, 1.165) is 26.1 Å². The summed E-state index contributed by atoms with van der Waals surface area (Å²) < 4.78 is 9.78. The van der Waals surface area contributed by atoms with Gasteiger partial charge in [0, 0.05) is 19.1 Å². The summed E-state index contributed by atoms with van der Waals surface area (Å²) in [5, 5.41) is 0. The molecule has 1 rings (SSSR count). The quantitative estimate of drug-likeness (QED) is 0.564. The van der Waals surface area contributed by atoms with Crippen molar-refractivity contribution < 1.29 is 14.3 Å². The van der Waals surface area contributed by atoms with E-state index in [9.17, 15) is 4.79 Å². The van der Waals surface area contributed by atoms with E-state index in [2.05, 4.69) is 9.64 Å². The van der Waals surface area contributed by atoms with Crippen LogP contribution in [0.3, 0.4) is 0 Å². The van der Waals surface area contributed by atoms with Crippen LogP contribution in [-0.4, -0.2) is 56.5 Å². The van der Waals surface area contributed by atoms with Gasteiger partial charge >= 0.3 is 6.09 Å². The summed E-state index contributed by atoms with van der Waals surface area (Å²) in [4.78, 5) is 12.5. The monoisotopic (exact) mass is 217 g/mol. The Morgan fingerprint density at radius 3 is 2.80 bits per heavy atom. The Hall–Kier alpha value is -0.850. The van der Waals surface area contributed by atoms with Gasteiger partial charge in [-0.05, 0) is 13.0 Å². The smallest absolute Gasteiger partial charge is 0.404 e. The van der Waals surface area contributed by atoms with Crippen LogP contribution in [0.4, 0.5) is 4.79 Å². The molecule has 1 saturated heterocycles. The van der Waals surface area contributed by atoms with E-state index >= 15 is 0 Å². The number of hydrogen-bond donors (Lipinski definition) is 2. The molecule has 0 spiro atoms. The summed E-state index contributed by atoms with van der Waals surface area (Å²) in [6.45, 7) is 4.11. The van der Waals surface area contributed by atoms with E-state index < -0.39 is 6.09 Å². The highest BCUT2D eigenvalue weighted by Crippen LogP contribution is 2.05. The van der Waals surface area contributed by atoms with E-state index in [-0.39, 0.29) is 6.61 Å². The second kappa shape index (κ2) is 6.60. The average Bonchev–Trinajstić information content (AvgIpc) is 2.57. The van der Waals surface area contributed by atoms with Gasteiger partial charge in [-0.2, -0.15) is 0 Å². The minimum absolute atomic E-state index is 0.217. The fourth-order valence-electron chi connectivity index (χ4n) is 1.56. The molecule has 1 unspecified atom stereocenters. The molecule has 88 valence electrons. The van der Waals surface area contributed by atoms with Crippen molar-refractivity contribution >= 4 is 6.09 Å². The third-order valence-corrected chi connectivity index (χ3v) is 2.33. The third kappa shape index (κ3) is 5.56. The third-order valence-electron chi connectivity index (χ3n) is 2.33. The summed E-state index contributed by atoms with van der Waals surface area (Å²) in [5.74, 6) is 0. The number of nitrogens with two attached hydrogens (primary N) is 2. The Morgan fingerprint density at radius 1 is 1.40 bits per heavy atom. The topological polar surface area (TPSA) is 90.8 Å². The minimum Gasteiger partial charge on any atom is -0.447 e. The Kier molecular flexibility index (Phi) is 5.38. The summed E-state index contributed by atoms with van der Waals surface area (Å²) in [6, 6.07) is 0.309. The lowest BCUT2D eigenvalue weighted by molar-refractivity contribution is 0.0662. The summed E-state index contributed by atoms with van der Waals surface area (Å²) in [7, 11) is 0. The molecule has 15 heavy (non-hydrogen) atoms. The molecule has 1 aliphatic rings. The van der Waals surface area contributed by atoms with E-state index in [1.807, 2.05) is 0 Å². The Bertz CT molecular complexity index is 201. The molecule has 0 aromatic carbocycles. The van der Waals surface area contributed by atoms with Crippen molar-refractivity contribution in [1.29, 1.82) is 0 Å². The van der Waals surface area contributed by atoms with Crippen molar-refractivity contribution in [3.63, 3.8) is 0 Å². The maximum atomic E-state index is 10.2. The molecule has 4 N–H and O–H groups in total. The predicted molar refractivity (Wildman–Crippen MR) is 55.4 cm³/mol. The van der Waals surface area contributed by atoms with Crippen molar-refractivity contribution in [1.82, 2.24) is 4.90 Å². The number of amides is 1. The van der Waals surface area contributed by atoms with E-state index in [1.54, 1.807) is 0 Å². The molecule has 1 aliphatic heterocycles. The number of carbonyl (C=O) groups is 1. The number of rotatable bonds is 6. The van der Waals surface area contributed by atoms with Crippen molar-refractivity contribution in [3.05, 3.63) is 0 Å². The average molecular weight is 217 g/mol. The van der Waals surface area contributed by atoms with Gasteiger partial charge < -0.3 is 20.9 Å². The fourth-order valence-corrected chi connectivity index (χ4v) is 1.56. The standard InChI is InChI=1S/C9H19N3O3/c10-8-1-2-12(7-8)3-4-14-5-6-15-9(11)13/h8H,1-7,10H2,(H2,11,13). The van der Waals surface area contributed by atoms with Crippen LogP contribution >= 0.6 is 0 Å². The Morgan fingerprint density at radius 2 is 2.20 bits per heavy atom. The lowest BCUT2D eigenvalue weighted by atomic mass is 10.3. The number of carbonyl (C=O) groups excluding carboxylic acids is 1. The van der Waals surface area contributed by atoms with Gasteiger partial charge in [0.25, 0.3) is 0 Å². The molecule has 0 aromatic rings. The van der Waals surface area contributed by atoms with Gasteiger partial charge in [-0.1, -0.05) is 0 Å². The molecule has 0 bridgehead atoms. The molecular formula is C9H19N3O3. The molecule has 6 nitrogen and oxygen atoms in total. The first-order chi connectivity index (χ1) is 7.18. The molecule has 0 radical (unpaired) electrons. The molecule has 1 atom stereocenters. The Labute approximate surface area is 89.5 Å². The van der Waals surface area contributed by atoms with Crippen molar-refractivity contribution in [3.8, 4) is 0 Å². The normalized spacial score (nSPS) is 21.8. The molecule has 1 fully saturated rings. The number of likely N-dealkylation sites (tertiary alicyclic amines) is 1. The van der Waals surface area contributed by atoms with Crippen LogP contribution in [0.25, 0.3) is 0 Å². The molecule has 1 heterocycles. The van der Waals surface area contributed by atoms with E-state index in [0.29, 0.717) is 19.3 Å². The number of nitrogens with zero attached hydrogens (tertiary/aromatic N) is 1. The summed E-state index contributed by atoms with van der Waals surface area (Å²) in [6.07, 6.45) is 0.300. The van der Waals surface area contributed by atoms with Crippen LogP contribution in [0.1, 0.15) is 6.42 Å². The molecule has 6 heteroatoms. The minimum atomic E-state index is -0.760. The van der Waals surface area contributed by atoms with E-state index in [1.165, 1.54) is 0 Å². The number of ether oxygens (including phenoxy) is 2. The highest BCUT2D eigenvalue weighted by molar-refractivity contribution is 5.64. The van der Waals surface area contributed by atoms with Gasteiger partial charge in [-0.15, -0.1) is 0 Å². The van der Waals surface area contributed by atoms with E-state index in [4.69, 9.17) is 16.2 Å². The number of hydrogen-bond acceptors (Lipinski definition) is 5. The van der Waals surface area contributed by atoms with Crippen molar-refractivity contribution in [2.24, 2.45) is 11.5 Å². The first-order valence-corrected chi connectivity index (χ1v) is 5.16. The second-order valence-electron chi connectivity index (χ2n) is 3.63. The first kappa shape index (κ1) is 12.2. The van der Waals surface area contributed by atoms with Gasteiger partial charge in [0.2, 0.25) is 0 Å². The van der Waals surface area contributed by atoms with Crippen molar-refractivity contribution in [2.75, 3.05) is 39.5 Å². The maximum Gasteiger partial charge on any atom is 0.404 e. The Balaban J connectivity index is 1.87. The van der Waals surface area contributed by atoms with Gasteiger partial charge in [0.15, 0.2) is 0 Å². The zero-order valence-electron chi connectivity index (χ0n) is 8.85. The SMILES string of the molecule is NC(=O)OCCOCCN1CCC(N)C1. The number of primary amides is 1. The molecular weight excluding hydrogens is 198 g/mol. The van der Waals surface area contributed by atoms with Crippen LogP contribution in [0.2, 0.25) is 0 Å². The zero-order chi connectivity index (χ0) is 11.1. The van der Waals surface area contributed by atoms with Gasteiger partial charge in [-0.3, -0.25) is 4.90 Å². The van der Waals surface area contributed by atoms with Crippen LogP contribution in [0.5, 0.6) is 0 Å². The van der Waals surface area contributed by atoms with Crippen LogP contribution < -0.4 is 11.5 Å². The highest BCUT2D eigenvalue weighted by Gasteiger charge is 2.17. The van der Waals surface area contributed by atoms with Gasteiger partial charge in [0.1, 0.15) is 6.61 Å². The molecule has 0 saturated carbocycles. The highest BCUT2D eigenvalue weighted by atomic mass is 16.6. The predicted octanol–water partition coefficient (Wildman–Crippen LogP) is -0.869. The van der Waals surface area contributed by atoms with Gasteiger partial charge in [-0.25, -0.2) is 4.79 Å². The lowest BCUT2D eigenvalue weighted by Crippen LogP contribution is -2.29. The molecule has 0 aromatic heterocycles. The summed E-state index contributed by atoms with van der Waals surface area (Å²) in [5.41, 5.74) is 10.5. The van der Waals surface area contributed by atoms with Crippen LogP contribution in [0, 0.1) is 0 Å². The second-order valence-corrected chi connectivity index (χ2v) is 3.63. The van der Waals surface area contributed by atoms with Crippen molar-refractivity contribution in [2.45, 2.75) is 12.5 Å².